The highest BCUT2D eigenvalue weighted by Crippen LogP contribution is 2.15. The number of nitrogens with one attached hydrogen (secondary N) is 1. The van der Waals surface area contributed by atoms with Gasteiger partial charge in [0.05, 0.1) is 23.1 Å². The summed E-state index contributed by atoms with van der Waals surface area (Å²) in [6.45, 7) is 1.59. The van der Waals surface area contributed by atoms with Crippen LogP contribution in [-0.2, 0) is 9.84 Å². The van der Waals surface area contributed by atoms with Gasteiger partial charge >= 0.3 is 5.97 Å². The summed E-state index contributed by atoms with van der Waals surface area (Å²) >= 11 is 0. The predicted molar refractivity (Wildman–Crippen MR) is 66.3 cm³/mol. The molecular weight excluding hydrogens is 256 g/mol. The summed E-state index contributed by atoms with van der Waals surface area (Å²) in [5.41, 5.74) is 0.521. The van der Waals surface area contributed by atoms with Gasteiger partial charge in [0.1, 0.15) is 5.82 Å². The lowest BCUT2D eigenvalue weighted by atomic mass is 10.2. The molecule has 0 saturated heterocycles. The molecule has 2 rings (SSSR count). The van der Waals surface area contributed by atoms with Crippen LogP contribution >= 0.6 is 0 Å². The fraction of sp³-hybridized carbons (Fsp3) is 0.273. The smallest absolute Gasteiger partial charge is 0.337 e. The Hall–Kier alpha value is -1.89. The zero-order valence-corrected chi connectivity index (χ0v) is 10.4. The van der Waals surface area contributed by atoms with Crippen molar-refractivity contribution in [2.45, 2.75) is 13.0 Å². The van der Waals surface area contributed by atoms with Crippen molar-refractivity contribution in [3.05, 3.63) is 34.9 Å². The van der Waals surface area contributed by atoms with Gasteiger partial charge in [0, 0.05) is 5.41 Å². The summed E-state index contributed by atoms with van der Waals surface area (Å²) in [6, 6.07) is 2.65. The van der Waals surface area contributed by atoms with Gasteiger partial charge in [-0.25, -0.2) is 18.2 Å². The first-order valence-corrected chi connectivity index (χ1v) is 6.97. The van der Waals surface area contributed by atoms with Crippen molar-refractivity contribution < 1.29 is 18.3 Å². The van der Waals surface area contributed by atoms with Gasteiger partial charge in [-0.1, -0.05) is 0 Å². The van der Waals surface area contributed by atoms with Gasteiger partial charge in [0.25, 0.3) is 0 Å². The summed E-state index contributed by atoms with van der Waals surface area (Å²) in [5.74, 6) is -0.576. The first-order valence-electron chi connectivity index (χ1n) is 5.26. The highest BCUT2D eigenvalue weighted by Gasteiger charge is 2.21. The molecule has 96 valence electrons. The monoisotopic (exact) mass is 268 g/mol. The molecule has 0 aromatic carbocycles. The molecule has 1 aliphatic heterocycles. The lowest BCUT2D eigenvalue weighted by Gasteiger charge is -2.11. The first kappa shape index (κ1) is 12.6. The van der Waals surface area contributed by atoms with E-state index in [0.29, 0.717) is 11.5 Å². The average molecular weight is 268 g/mol. The van der Waals surface area contributed by atoms with Gasteiger partial charge in [-0.2, -0.15) is 0 Å². The number of carboxylic acids is 1. The molecule has 0 radical (unpaired) electrons. The molecular formula is C11H12N2O4S. The highest BCUT2D eigenvalue weighted by molar-refractivity contribution is 7.94. The third kappa shape index (κ3) is 2.67. The lowest BCUT2D eigenvalue weighted by Crippen LogP contribution is -2.21. The second-order valence-electron chi connectivity index (χ2n) is 4.04. The number of sulfone groups is 1. The Morgan fingerprint density at radius 3 is 2.72 bits per heavy atom. The topological polar surface area (TPSA) is 96.4 Å². The summed E-state index contributed by atoms with van der Waals surface area (Å²) in [7, 11) is -3.11. The van der Waals surface area contributed by atoms with E-state index in [0.717, 1.165) is 0 Å². The molecule has 6 nitrogen and oxygen atoms in total. The van der Waals surface area contributed by atoms with Crippen molar-refractivity contribution in [1.82, 2.24) is 4.98 Å². The molecule has 1 unspecified atom stereocenters. The third-order valence-corrected chi connectivity index (χ3v) is 3.98. The second kappa shape index (κ2) is 4.41. The fourth-order valence-electron chi connectivity index (χ4n) is 1.72. The lowest BCUT2D eigenvalue weighted by molar-refractivity contribution is 0.0695. The van der Waals surface area contributed by atoms with Gasteiger partial charge in [0.15, 0.2) is 9.84 Å². The number of aromatic carboxylic acids is 1. The van der Waals surface area contributed by atoms with Gasteiger partial charge in [-0.3, -0.25) is 0 Å². The summed E-state index contributed by atoms with van der Waals surface area (Å²) in [5, 5.41) is 13.0. The van der Waals surface area contributed by atoms with E-state index in [1.807, 2.05) is 0 Å². The molecule has 0 bridgehead atoms. The predicted octanol–water partition coefficient (Wildman–Crippen LogP) is 0.811. The fourth-order valence-corrected chi connectivity index (χ4v) is 2.96. The molecule has 0 amide bonds. The quantitative estimate of drug-likeness (QED) is 0.842. The molecule has 0 fully saturated rings. The molecule has 0 saturated carbocycles. The van der Waals surface area contributed by atoms with Gasteiger partial charge in [0.2, 0.25) is 0 Å². The Kier molecular flexibility index (Phi) is 3.08. The maximum Gasteiger partial charge on any atom is 0.337 e. The Bertz CT molecular complexity index is 622. The molecule has 1 aromatic heterocycles. The van der Waals surface area contributed by atoms with Crippen molar-refractivity contribution in [2.75, 3.05) is 11.1 Å². The van der Waals surface area contributed by atoms with Crippen LogP contribution in [0.1, 0.15) is 16.1 Å². The van der Waals surface area contributed by atoms with Crippen molar-refractivity contribution in [1.29, 1.82) is 0 Å². The Morgan fingerprint density at radius 2 is 2.22 bits per heavy atom. The molecule has 1 aliphatic rings. The maximum atomic E-state index is 11.2. The zero-order valence-electron chi connectivity index (χ0n) is 9.62. The summed E-state index contributed by atoms with van der Waals surface area (Å²) < 4.78 is 22.4. The number of hydrogen-bond donors (Lipinski definition) is 2. The first-order chi connectivity index (χ1) is 8.37. The standard InChI is InChI=1S/C11H12N2O4S/c1-7-9(11(14)15)2-3-10(12-7)13-8-4-5-18(16,17)6-8/h2-5,8H,6H2,1H3,(H,12,13)(H,14,15). The number of carbonyl (C=O) groups is 1. The second-order valence-corrected chi connectivity index (χ2v) is 5.97. The van der Waals surface area contributed by atoms with Crippen LogP contribution in [0.3, 0.4) is 0 Å². The van der Waals surface area contributed by atoms with Crippen LogP contribution in [-0.4, -0.2) is 36.3 Å². The number of aromatic nitrogens is 1. The van der Waals surface area contributed by atoms with Gasteiger partial charge in [-0.15, -0.1) is 0 Å². The summed E-state index contributed by atoms with van der Waals surface area (Å²) in [6.07, 6.45) is 1.55. The van der Waals surface area contributed by atoms with E-state index in [1.165, 1.54) is 17.5 Å². The van der Waals surface area contributed by atoms with E-state index >= 15 is 0 Å². The van der Waals surface area contributed by atoms with Crippen LogP contribution in [0.2, 0.25) is 0 Å². The Morgan fingerprint density at radius 1 is 1.50 bits per heavy atom. The number of hydrogen-bond acceptors (Lipinski definition) is 5. The van der Waals surface area contributed by atoms with Crippen molar-refractivity contribution in [3.63, 3.8) is 0 Å². The molecule has 2 heterocycles. The number of carboxylic acid groups (broad SMARTS) is 1. The van der Waals surface area contributed by atoms with Crippen molar-refractivity contribution in [3.8, 4) is 0 Å². The molecule has 0 aliphatic carbocycles. The average Bonchev–Trinajstić information content (AvgIpc) is 2.57. The van der Waals surface area contributed by atoms with Gasteiger partial charge in [-0.05, 0) is 25.1 Å². The number of aryl methyl sites for hydroxylation is 1. The Balaban J connectivity index is 2.15. The van der Waals surface area contributed by atoms with E-state index in [9.17, 15) is 13.2 Å². The van der Waals surface area contributed by atoms with Crippen molar-refractivity contribution >= 4 is 21.6 Å². The minimum absolute atomic E-state index is 0.00555. The largest absolute Gasteiger partial charge is 0.478 e. The molecule has 1 atom stereocenters. The minimum Gasteiger partial charge on any atom is -0.478 e. The van der Waals surface area contributed by atoms with Crippen LogP contribution in [0.25, 0.3) is 0 Å². The molecule has 0 spiro atoms. The van der Waals surface area contributed by atoms with E-state index in [1.54, 1.807) is 13.0 Å². The van der Waals surface area contributed by atoms with Crippen LogP contribution in [0.15, 0.2) is 23.6 Å². The molecule has 1 aromatic rings. The minimum atomic E-state index is -3.11. The molecule has 2 N–H and O–H groups in total. The maximum absolute atomic E-state index is 11.2. The normalized spacial score (nSPS) is 20.8. The summed E-state index contributed by atoms with van der Waals surface area (Å²) in [4.78, 5) is 14.9. The van der Waals surface area contributed by atoms with E-state index < -0.39 is 15.8 Å². The number of rotatable bonds is 3. The zero-order chi connectivity index (χ0) is 13.3. The molecule has 18 heavy (non-hydrogen) atoms. The van der Waals surface area contributed by atoms with Crippen molar-refractivity contribution in [2.24, 2.45) is 0 Å². The van der Waals surface area contributed by atoms with E-state index in [4.69, 9.17) is 5.11 Å². The molecule has 7 heteroatoms. The van der Waals surface area contributed by atoms with E-state index in [-0.39, 0.29) is 17.4 Å². The van der Waals surface area contributed by atoms with Crippen LogP contribution < -0.4 is 5.32 Å². The third-order valence-electron chi connectivity index (χ3n) is 2.58. The van der Waals surface area contributed by atoms with Crippen LogP contribution in [0.5, 0.6) is 0 Å². The Labute approximate surface area is 104 Å². The van der Waals surface area contributed by atoms with E-state index in [2.05, 4.69) is 10.3 Å². The number of anilines is 1. The van der Waals surface area contributed by atoms with Crippen LogP contribution in [0.4, 0.5) is 5.82 Å². The van der Waals surface area contributed by atoms with Crippen LogP contribution in [0, 0.1) is 6.92 Å². The SMILES string of the molecule is Cc1nc(NC2C=CS(=O)(=O)C2)ccc1C(=O)O. The number of nitrogens with zero attached hydrogens (tertiary/aromatic N) is 1. The van der Waals surface area contributed by atoms with Gasteiger partial charge < -0.3 is 10.4 Å². The number of pyridine rings is 1. The highest BCUT2D eigenvalue weighted by atomic mass is 32.2.